The van der Waals surface area contributed by atoms with Gasteiger partial charge in [-0.25, -0.2) is 9.97 Å². The van der Waals surface area contributed by atoms with Crippen molar-refractivity contribution < 1.29 is 0 Å². The number of benzene rings is 1. The van der Waals surface area contributed by atoms with Gasteiger partial charge in [0, 0.05) is 47.6 Å². The number of imidazole rings is 1. The van der Waals surface area contributed by atoms with Crippen molar-refractivity contribution in [1.82, 2.24) is 19.4 Å². The number of anilines is 1. The van der Waals surface area contributed by atoms with Gasteiger partial charge in [0.05, 0.1) is 0 Å². The molecule has 0 spiro atoms. The summed E-state index contributed by atoms with van der Waals surface area (Å²) < 4.78 is 1.86. The van der Waals surface area contributed by atoms with E-state index >= 15 is 0 Å². The zero-order valence-electron chi connectivity index (χ0n) is 15.2. The molecule has 4 aromatic rings. The average molecular weight is 383 g/mol. The maximum Gasteiger partial charge on any atom is 0.181 e. The largest absolute Gasteiger partial charge is 0.363 e. The van der Waals surface area contributed by atoms with Crippen LogP contribution in [0.15, 0.2) is 42.9 Å². The molecule has 0 saturated carbocycles. The Kier molecular flexibility index (Phi) is 5.01. The first-order valence-electron chi connectivity index (χ1n) is 9.28. The van der Waals surface area contributed by atoms with Gasteiger partial charge >= 0.3 is 0 Å². The van der Waals surface area contributed by atoms with Crippen LogP contribution in [0.25, 0.3) is 27.8 Å². The molecule has 1 aromatic carbocycles. The Morgan fingerprint density at radius 2 is 2.19 bits per heavy atom. The van der Waals surface area contributed by atoms with Gasteiger partial charge in [-0.1, -0.05) is 49.6 Å². The Balaban J connectivity index is 1.83. The number of hydrogen-bond donors (Lipinski definition) is 3. The molecule has 1 atom stereocenters. The monoisotopic (exact) mass is 382 g/mol. The fraction of sp³-hybridized carbons (Fsp3) is 0.300. The molecule has 0 fully saturated rings. The number of nitrogens with one attached hydrogen (secondary N) is 2. The predicted molar refractivity (Wildman–Crippen MR) is 111 cm³/mol. The van der Waals surface area contributed by atoms with Gasteiger partial charge in [0.15, 0.2) is 11.5 Å². The van der Waals surface area contributed by atoms with Crippen LogP contribution in [0.5, 0.6) is 0 Å². The summed E-state index contributed by atoms with van der Waals surface area (Å²) in [4.78, 5) is 12.6. The topological polar surface area (TPSA) is 84.0 Å². The van der Waals surface area contributed by atoms with Crippen molar-refractivity contribution >= 4 is 34.0 Å². The van der Waals surface area contributed by atoms with E-state index in [0.29, 0.717) is 28.9 Å². The van der Waals surface area contributed by atoms with Gasteiger partial charge in [0.1, 0.15) is 10.8 Å². The Hall–Kier alpha value is -2.57. The molecule has 0 saturated heterocycles. The van der Waals surface area contributed by atoms with Gasteiger partial charge in [-0.05, 0) is 12.5 Å². The minimum absolute atomic E-state index is 0.148. The standard InChI is InChI=1S/C20H23ClN6/c1-2-3-6-13(11-22)25-19-20-23-9-10-27(20)18(21)17(26-19)15-12-24-16-8-5-4-7-14(15)16/h4-5,7-10,12-13,24H,2-3,6,11,22H2,1H3,(H,25,26)/t13-/m0/s1. The molecule has 3 heterocycles. The van der Waals surface area contributed by atoms with E-state index in [0.717, 1.165) is 35.7 Å². The van der Waals surface area contributed by atoms with Crippen molar-refractivity contribution in [2.45, 2.75) is 32.2 Å². The van der Waals surface area contributed by atoms with E-state index in [1.54, 1.807) is 6.20 Å². The summed E-state index contributed by atoms with van der Waals surface area (Å²) in [7, 11) is 0. The molecule has 27 heavy (non-hydrogen) atoms. The minimum atomic E-state index is 0.148. The number of halogens is 1. The van der Waals surface area contributed by atoms with Crippen molar-refractivity contribution in [2.75, 3.05) is 11.9 Å². The van der Waals surface area contributed by atoms with Gasteiger partial charge in [0.25, 0.3) is 0 Å². The summed E-state index contributed by atoms with van der Waals surface area (Å²) >= 11 is 6.69. The third-order valence-electron chi connectivity index (χ3n) is 4.86. The number of aromatic amines is 1. The first-order chi connectivity index (χ1) is 13.2. The van der Waals surface area contributed by atoms with E-state index in [1.807, 2.05) is 35.0 Å². The van der Waals surface area contributed by atoms with Gasteiger partial charge in [-0.3, -0.25) is 4.40 Å². The van der Waals surface area contributed by atoms with Gasteiger partial charge < -0.3 is 16.0 Å². The summed E-state index contributed by atoms with van der Waals surface area (Å²) in [6, 6.07) is 8.27. The number of para-hydroxylation sites is 1. The molecule has 0 aliphatic rings. The van der Waals surface area contributed by atoms with Crippen LogP contribution in [-0.2, 0) is 0 Å². The lowest BCUT2D eigenvalue weighted by Gasteiger charge is -2.19. The summed E-state index contributed by atoms with van der Waals surface area (Å²) in [6.45, 7) is 2.72. The normalized spacial score (nSPS) is 12.7. The number of fused-ring (bicyclic) bond motifs is 2. The quantitative estimate of drug-likeness (QED) is 0.440. The van der Waals surface area contributed by atoms with Gasteiger partial charge in [0.2, 0.25) is 0 Å². The molecule has 6 nitrogen and oxygen atoms in total. The van der Waals surface area contributed by atoms with Crippen molar-refractivity contribution in [3.05, 3.63) is 48.0 Å². The highest BCUT2D eigenvalue weighted by Gasteiger charge is 2.19. The number of aromatic nitrogens is 4. The lowest BCUT2D eigenvalue weighted by atomic mass is 10.1. The van der Waals surface area contributed by atoms with E-state index in [9.17, 15) is 0 Å². The smallest absolute Gasteiger partial charge is 0.181 e. The fourth-order valence-corrected chi connectivity index (χ4v) is 3.67. The molecule has 7 heteroatoms. The van der Waals surface area contributed by atoms with Crippen molar-refractivity contribution in [1.29, 1.82) is 0 Å². The van der Waals surface area contributed by atoms with Crippen LogP contribution < -0.4 is 11.1 Å². The van der Waals surface area contributed by atoms with E-state index in [2.05, 4.69) is 28.3 Å². The number of H-pyrrole nitrogens is 1. The average Bonchev–Trinajstić information content (AvgIpc) is 3.34. The maximum atomic E-state index is 6.69. The summed E-state index contributed by atoms with van der Waals surface area (Å²) in [6.07, 6.45) is 8.77. The molecule has 4 rings (SSSR count). The molecule has 0 aliphatic heterocycles. The van der Waals surface area contributed by atoms with Crippen LogP contribution in [-0.4, -0.2) is 31.9 Å². The summed E-state index contributed by atoms with van der Waals surface area (Å²) in [5.41, 5.74) is 9.41. The first-order valence-corrected chi connectivity index (χ1v) is 9.66. The number of hydrogen-bond acceptors (Lipinski definition) is 4. The van der Waals surface area contributed by atoms with Crippen LogP contribution in [0.3, 0.4) is 0 Å². The van der Waals surface area contributed by atoms with Gasteiger partial charge in [-0.15, -0.1) is 0 Å². The van der Waals surface area contributed by atoms with E-state index in [1.165, 1.54) is 0 Å². The maximum absolute atomic E-state index is 6.69. The third kappa shape index (κ3) is 3.26. The highest BCUT2D eigenvalue weighted by Crippen LogP contribution is 2.34. The Morgan fingerprint density at radius 1 is 1.33 bits per heavy atom. The highest BCUT2D eigenvalue weighted by atomic mass is 35.5. The molecule has 0 radical (unpaired) electrons. The lowest BCUT2D eigenvalue weighted by molar-refractivity contribution is 0.612. The second-order valence-electron chi connectivity index (χ2n) is 6.69. The molecule has 0 bridgehead atoms. The van der Waals surface area contributed by atoms with Crippen LogP contribution in [0.2, 0.25) is 5.15 Å². The van der Waals surface area contributed by atoms with Crippen LogP contribution in [0, 0.1) is 0 Å². The summed E-state index contributed by atoms with van der Waals surface area (Å²) in [5.74, 6) is 0.705. The fourth-order valence-electron chi connectivity index (χ4n) is 3.39. The molecule has 3 aromatic heterocycles. The summed E-state index contributed by atoms with van der Waals surface area (Å²) in [5, 5.41) is 5.10. The number of nitrogens with zero attached hydrogens (tertiary/aromatic N) is 3. The molecule has 4 N–H and O–H groups in total. The zero-order chi connectivity index (χ0) is 18.8. The second-order valence-corrected chi connectivity index (χ2v) is 7.05. The molecule has 0 amide bonds. The number of unbranched alkanes of at least 4 members (excludes halogenated alkanes) is 1. The van der Waals surface area contributed by atoms with E-state index < -0.39 is 0 Å². The SMILES string of the molecule is CCCC[C@@H](CN)Nc1nc(-c2c[nH]c3ccccc23)c(Cl)n2ccnc12. The van der Waals surface area contributed by atoms with E-state index in [4.69, 9.17) is 22.3 Å². The lowest BCUT2D eigenvalue weighted by Crippen LogP contribution is -2.29. The number of nitrogens with two attached hydrogens (primary N) is 1. The first kappa shape index (κ1) is 17.8. The third-order valence-corrected chi connectivity index (χ3v) is 5.22. The molecule has 140 valence electrons. The minimum Gasteiger partial charge on any atom is -0.363 e. The Morgan fingerprint density at radius 3 is 3.00 bits per heavy atom. The van der Waals surface area contributed by atoms with E-state index in [-0.39, 0.29) is 6.04 Å². The Bertz CT molecular complexity index is 1070. The molecule has 0 aliphatic carbocycles. The van der Waals surface area contributed by atoms with Crippen molar-refractivity contribution in [3.8, 4) is 11.3 Å². The van der Waals surface area contributed by atoms with Crippen LogP contribution in [0.1, 0.15) is 26.2 Å². The predicted octanol–water partition coefficient (Wildman–Crippen LogP) is 4.46. The molecular weight excluding hydrogens is 360 g/mol. The van der Waals surface area contributed by atoms with Crippen molar-refractivity contribution in [3.63, 3.8) is 0 Å². The molecular formula is C20H23ClN6. The highest BCUT2D eigenvalue weighted by molar-refractivity contribution is 6.32. The number of rotatable bonds is 7. The van der Waals surface area contributed by atoms with Crippen molar-refractivity contribution in [2.24, 2.45) is 5.73 Å². The van der Waals surface area contributed by atoms with Crippen LogP contribution >= 0.6 is 11.6 Å². The molecule has 0 unspecified atom stereocenters. The second kappa shape index (κ2) is 7.58. The van der Waals surface area contributed by atoms with Gasteiger partial charge in [-0.2, -0.15) is 0 Å². The van der Waals surface area contributed by atoms with Crippen LogP contribution in [0.4, 0.5) is 5.82 Å². The Labute approximate surface area is 162 Å². The zero-order valence-corrected chi connectivity index (χ0v) is 16.0.